The Bertz CT molecular complexity index is 536. The molecule has 0 fully saturated rings. The number of alkyl halides is 1. The molecule has 0 radical (unpaired) electrons. The summed E-state index contributed by atoms with van der Waals surface area (Å²) in [6.07, 6.45) is 2.15. The molecule has 4 heteroatoms. The van der Waals surface area contributed by atoms with E-state index in [1.165, 1.54) is 11.1 Å². The molecule has 2 rings (SSSR count). The van der Waals surface area contributed by atoms with Gasteiger partial charge in [0.25, 0.3) is 0 Å². The lowest BCUT2D eigenvalue weighted by molar-refractivity contribution is 0.530. The summed E-state index contributed by atoms with van der Waals surface area (Å²) >= 11 is 7.91. The fourth-order valence-electron chi connectivity index (χ4n) is 2.29. The van der Waals surface area contributed by atoms with Crippen molar-refractivity contribution >= 4 is 34.4 Å². The van der Waals surface area contributed by atoms with E-state index in [9.17, 15) is 0 Å². The highest BCUT2D eigenvalue weighted by atomic mass is 35.5. The SMILES string of the molecule is CSCC(C)Cn1c(CCl)nc2c(C)cccc21. The summed E-state index contributed by atoms with van der Waals surface area (Å²) in [4.78, 5) is 4.67. The molecule has 0 aliphatic rings. The van der Waals surface area contributed by atoms with E-state index in [4.69, 9.17) is 11.6 Å². The van der Waals surface area contributed by atoms with Crippen molar-refractivity contribution in [2.24, 2.45) is 5.92 Å². The van der Waals surface area contributed by atoms with Gasteiger partial charge in [0.2, 0.25) is 0 Å². The Labute approximate surface area is 118 Å². The molecule has 0 N–H and O–H groups in total. The first-order chi connectivity index (χ1) is 8.67. The summed E-state index contributed by atoms with van der Waals surface area (Å²) in [6.45, 7) is 5.36. The van der Waals surface area contributed by atoms with Gasteiger partial charge in [-0.2, -0.15) is 11.8 Å². The topological polar surface area (TPSA) is 17.8 Å². The molecule has 0 saturated heterocycles. The number of hydrogen-bond acceptors (Lipinski definition) is 2. The number of halogens is 1. The Balaban J connectivity index is 2.44. The first-order valence-electron chi connectivity index (χ1n) is 6.17. The molecule has 1 aromatic carbocycles. The Morgan fingerprint density at radius 1 is 1.44 bits per heavy atom. The highest BCUT2D eigenvalue weighted by Crippen LogP contribution is 2.22. The number of para-hydroxylation sites is 1. The van der Waals surface area contributed by atoms with Gasteiger partial charge in [-0.15, -0.1) is 11.6 Å². The van der Waals surface area contributed by atoms with Crippen LogP contribution >= 0.6 is 23.4 Å². The number of imidazole rings is 1. The molecule has 0 aliphatic heterocycles. The van der Waals surface area contributed by atoms with E-state index in [0.717, 1.165) is 23.6 Å². The lowest BCUT2D eigenvalue weighted by Crippen LogP contribution is -2.12. The Morgan fingerprint density at radius 2 is 2.22 bits per heavy atom. The maximum atomic E-state index is 6.03. The molecular formula is C14H19ClN2S. The molecule has 1 aromatic heterocycles. The van der Waals surface area contributed by atoms with E-state index in [1.54, 1.807) is 0 Å². The first kappa shape index (κ1) is 13.8. The minimum absolute atomic E-state index is 0.472. The molecule has 1 atom stereocenters. The maximum Gasteiger partial charge on any atom is 0.124 e. The van der Waals surface area contributed by atoms with Crippen LogP contribution in [-0.4, -0.2) is 21.6 Å². The Hall–Kier alpha value is -0.670. The molecule has 2 nitrogen and oxygen atoms in total. The quantitative estimate of drug-likeness (QED) is 0.769. The largest absolute Gasteiger partial charge is 0.327 e. The van der Waals surface area contributed by atoms with Crippen LogP contribution in [0.15, 0.2) is 18.2 Å². The number of rotatable bonds is 5. The van der Waals surface area contributed by atoms with Crippen molar-refractivity contribution < 1.29 is 0 Å². The van der Waals surface area contributed by atoms with Crippen LogP contribution < -0.4 is 0 Å². The molecule has 1 heterocycles. The molecule has 0 saturated carbocycles. The van der Waals surface area contributed by atoms with Crippen molar-refractivity contribution in [1.82, 2.24) is 9.55 Å². The fraction of sp³-hybridized carbons (Fsp3) is 0.500. The zero-order chi connectivity index (χ0) is 13.1. The summed E-state index contributed by atoms with van der Waals surface area (Å²) in [5.74, 6) is 3.24. The van der Waals surface area contributed by atoms with Crippen molar-refractivity contribution in [2.75, 3.05) is 12.0 Å². The predicted molar refractivity (Wildman–Crippen MR) is 81.6 cm³/mol. The molecule has 0 amide bonds. The molecule has 18 heavy (non-hydrogen) atoms. The van der Waals surface area contributed by atoms with Crippen LogP contribution in [0.3, 0.4) is 0 Å². The van der Waals surface area contributed by atoms with E-state index in [0.29, 0.717) is 11.8 Å². The Morgan fingerprint density at radius 3 is 2.89 bits per heavy atom. The smallest absolute Gasteiger partial charge is 0.124 e. The standard InChI is InChI=1S/C14H19ClN2S/c1-10(9-18-3)8-17-12-6-4-5-11(2)14(12)16-13(17)7-15/h4-6,10H,7-9H2,1-3H3. The fourth-order valence-corrected chi connectivity index (χ4v) is 3.17. The lowest BCUT2D eigenvalue weighted by atomic mass is 10.2. The van der Waals surface area contributed by atoms with Crippen molar-refractivity contribution in [3.8, 4) is 0 Å². The van der Waals surface area contributed by atoms with Crippen molar-refractivity contribution in [2.45, 2.75) is 26.3 Å². The van der Waals surface area contributed by atoms with Crippen LogP contribution in [-0.2, 0) is 12.4 Å². The summed E-state index contributed by atoms with van der Waals surface area (Å²) < 4.78 is 2.27. The van der Waals surface area contributed by atoms with Gasteiger partial charge in [-0.1, -0.05) is 19.1 Å². The number of fused-ring (bicyclic) bond motifs is 1. The van der Waals surface area contributed by atoms with Gasteiger partial charge >= 0.3 is 0 Å². The number of benzene rings is 1. The van der Waals surface area contributed by atoms with E-state index in [-0.39, 0.29) is 0 Å². The molecule has 1 unspecified atom stereocenters. The van der Waals surface area contributed by atoms with Crippen LogP contribution in [0.25, 0.3) is 11.0 Å². The molecule has 98 valence electrons. The van der Waals surface area contributed by atoms with E-state index >= 15 is 0 Å². The highest BCUT2D eigenvalue weighted by molar-refractivity contribution is 7.98. The van der Waals surface area contributed by atoms with E-state index in [2.05, 4.69) is 47.9 Å². The minimum Gasteiger partial charge on any atom is -0.327 e. The van der Waals surface area contributed by atoms with E-state index in [1.807, 2.05) is 11.8 Å². The van der Waals surface area contributed by atoms with Gasteiger partial charge in [0.1, 0.15) is 5.82 Å². The highest BCUT2D eigenvalue weighted by Gasteiger charge is 2.13. The predicted octanol–water partition coefficient (Wildman–Crippen LogP) is 4.08. The third kappa shape index (κ3) is 2.67. The van der Waals surface area contributed by atoms with Gasteiger partial charge in [0, 0.05) is 6.54 Å². The zero-order valence-corrected chi connectivity index (χ0v) is 12.7. The number of thioether (sulfide) groups is 1. The monoisotopic (exact) mass is 282 g/mol. The molecule has 2 aromatic rings. The van der Waals surface area contributed by atoms with Crippen LogP contribution in [0, 0.1) is 12.8 Å². The maximum absolute atomic E-state index is 6.03. The van der Waals surface area contributed by atoms with Crippen LogP contribution in [0.2, 0.25) is 0 Å². The third-order valence-electron chi connectivity index (χ3n) is 3.12. The van der Waals surface area contributed by atoms with Gasteiger partial charge in [-0.25, -0.2) is 4.98 Å². The average Bonchev–Trinajstić information content (AvgIpc) is 2.69. The second kappa shape index (κ2) is 5.98. The van der Waals surface area contributed by atoms with Gasteiger partial charge in [0.05, 0.1) is 16.9 Å². The minimum atomic E-state index is 0.472. The number of aryl methyl sites for hydroxylation is 1. The Kier molecular flexibility index (Phi) is 4.57. The van der Waals surface area contributed by atoms with Gasteiger partial charge < -0.3 is 4.57 Å². The molecule has 0 aliphatic carbocycles. The first-order valence-corrected chi connectivity index (χ1v) is 8.09. The average molecular weight is 283 g/mol. The summed E-state index contributed by atoms with van der Waals surface area (Å²) in [5.41, 5.74) is 3.51. The lowest BCUT2D eigenvalue weighted by Gasteiger charge is -2.13. The van der Waals surface area contributed by atoms with Crippen molar-refractivity contribution in [1.29, 1.82) is 0 Å². The molecule has 0 bridgehead atoms. The van der Waals surface area contributed by atoms with Crippen molar-refractivity contribution in [3.05, 3.63) is 29.6 Å². The van der Waals surface area contributed by atoms with E-state index < -0.39 is 0 Å². The number of hydrogen-bond donors (Lipinski definition) is 0. The van der Waals surface area contributed by atoms with Crippen LogP contribution in [0.4, 0.5) is 0 Å². The van der Waals surface area contributed by atoms with Crippen LogP contribution in [0.5, 0.6) is 0 Å². The number of aromatic nitrogens is 2. The van der Waals surface area contributed by atoms with Crippen LogP contribution in [0.1, 0.15) is 18.3 Å². The summed E-state index contributed by atoms with van der Waals surface area (Å²) in [7, 11) is 0. The van der Waals surface area contributed by atoms with Crippen molar-refractivity contribution in [3.63, 3.8) is 0 Å². The normalized spacial score (nSPS) is 13.1. The van der Waals surface area contributed by atoms with Gasteiger partial charge in [0.15, 0.2) is 0 Å². The third-order valence-corrected chi connectivity index (χ3v) is 4.27. The number of nitrogens with zero attached hydrogens (tertiary/aromatic N) is 2. The second-order valence-electron chi connectivity index (χ2n) is 4.78. The molecular weight excluding hydrogens is 264 g/mol. The molecule has 0 spiro atoms. The zero-order valence-electron chi connectivity index (χ0n) is 11.1. The summed E-state index contributed by atoms with van der Waals surface area (Å²) in [6, 6.07) is 6.33. The van der Waals surface area contributed by atoms with Gasteiger partial charge in [-0.3, -0.25) is 0 Å². The second-order valence-corrected chi connectivity index (χ2v) is 5.95. The van der Waals surface area contributed by atoms with Gasteiger partial charge in [-0.05, 0) is 36.5 Å². The summed E-state index contributed by atoms with van der Waals surface area (Å²) in [5, 5.41) is 0.